The van der Waals surface area contributed by atoms with Gasteiger partial charge in [-0.1, -0.05) is 6.07 Å². The summed E-state index contributed by atoms with van der Waals surface area (Å²) in [5, 5.41) is 0.584. The number of hydrogen-bond donors (Lipinski definition) is 1. The van der Waals surface area contributed by atoms with Gasteiger partial charge in [0.1, 0.15) is 0 Å². The molecule has 5 heteroatoms. The highest BCUT2D eigenvalue weighted by Crippen LogP contribution is 2.39. The van der Waals surface area contributed by atoms with E-state index in [0.717, 1.165) is 38.3 Å². The van der Waals surface area contributed by atoms with Gasteiger partial charge in [0.2, 0.25) is 0 Å². The van der Waals surface area contributed by atoms with E-state index in [-0.39, 0.29) is 16.8 Å². The third-order valence-electron chi connectivity index (χ3n) is 5.58. The Labute approximate surface area is 141 Å². The number of likely N-dealkylation sites (tertiary alicyclic amines) is 2. The van der Waals surface area contributed by atoms with Crippen molar-refractivity contribution in [3.8, 4) is 0 Å². The predicted octanol–water partition coefficient (Wildman–Crippen LogP) is 2.00. The number of fused-ring (bicyclic) bond motifs is 1. The van der Waals surface area contributed by atoms with E-state index in [0.29, 0.717) is 16.5 Å². The average molecular weight is 325 g/mol. The van der Waals surface area contributed by atoms with Crippen molar-refractivity contribution < 1.29 is 4.79 Å². The van der Waals surface area contributed by atoms with Gasteiger partial charge in [0.25, 0.3) is 5.91 Å². The molecule has 0 bridgehead atoms. The van der Waals surface area contributed by atoms with E-state index in [1.807, 2.05) is 17.9 Å². The smallest absolute Gasteiger partial charge is 0.256 e. The number of amides is 1. The average Bonchev–Trinajstić information content (AvgIpc) is 3.12. The van der Waals surface area contributed by atoms with Crippen LogP contribution in [0.1, 0.15) is 28.9 Å². The van der Waals surface area contributed by atoms with Crippen molar-refractivity contribution in [2.45, 2.75) is 19.8 Å². The van der Waals surface area contributed by atoms with Gasteiger partial charge in [-0.3, -0.25) is 9.59 Å². The molecule has 2 aliphatic rings. The summed E-state index contributed by atoms with van der Waals surface area (Å²) in [4.78, 5) is 32.8. The van der Waals surface area contributed by atoms with Crippen LogP contribution >= 0.6 is 0 Å². The van der Waals surface area contributed by atoms with Gasteiger partial charge in [0.15, 0.2) is 5.43 Å². The number of H-pyrrole nitrogens is 1. The summed E-state index contributed by atoms with van der Waals surface area (Å²) in [6, 6.07) is 6.98. The lowest BCUT2D eigenvalue weighted by Crippen LogP contribution is -2.33. The maximum absolute atomic E-state index is 13.1. The second-order valence-corrected chi connectivity index (χ2v) is 7.51. The first-order valence-corrected chi connectivity index (χ1v) is 8.58. The number of aromatic nitrogens is 1. The van der Waals surface area contributed by atoms with E-state index in [4.69, 9.17) is 0 Å². The molecule has 3 heterocycles. The van der Waals surface area contributed by atoms with Gasteiger partial charge in [0.05, 0.1) is 11.1 Å². The van der Waals surface area contributed by atoms with Crippen molar-refractivity contribution in [1.29, 1.82) is 0 Å². The summed E-state index contributed by atoms with van der Waals surface area (Å²) in [5.74, 6) is 0.0354. The molecule has 1 aromatic heterocycles. The van der Waals surface area contributed by atoms with Gasteiger partial charge in [-0.2, -0.15) is 0 Å². The third-order valence-corrected chi connectivity index (χ3v) is 5.58. The molecule has 24 heavy (non-hydrogen) atoms. The number of aryl methyl sites for hydroxylation is 1. The number of nitrogens with zero attached hydrogens (tertiary/aromatic N) is 2. The number of benzene rings is 1. The van der Waals surface area contributed by atoms with E-state index in [1.165, 1.54) is 6.42 Å². The zero-order chi connectivity index (χ0) is 16.9. The molecule has 2 aromatic rings. The summed E-state index contributed by atoms with van der Waals surface area (Å²) >= 11 is 0. The Morgan fingerprint density at radius 1 is 1.21 bits per heavy atom. The minimum atomic E-state index is -0.0359. The molecule has 1 spiro atoms. The standard InChI is InChI=1S/C19H23N3O2/c1-13-10-16(23)14-4-3-5-15(17(14)20-13)18(24)22-9-7-19(12-22)6-8-21(2)11-19/h3-5,10H,6-9,11-12H2,1-2H3,(H,20,23). The molecule has 0 saturated carbocycles. The first-order chi connectivity index (χ1) is 11.5. The zero-order valence-electron chi connectivity index (χ0n) is 14.3. The molecular formula is C19H23N3O2. The van der Waals surface area contributed by atoms with E-state index < -0.39 is 0 Å². The van der Waals surface area contributed by atoms with Crippen LogP contribution in [0.3, 0.4) is 0 Å². The second-order valence-electron chi connectivity index (χ2n) is 7.51. The van der Waals surface area contributed by atoms with Gasteiger partial charge < -0.3 is 14.8 Å². The van der Waals surface area contributed by atoms with Crippen LogP contribution in [0.4, 0.5) is 0 Å². The number of pyridine rings is 1. The van der Waals surface area contributed by atoms with Crippen LogP contribution in [0.25, 0.3) is 10.9 Å². The molecule has 1 atom stereocenters. The Bertz CT molecular complexity index is 873. The molecule has 1 aromatic carbocycles. The maximum atomic E-state index is 13.1. The molecule has 2 aliphatic heterocycles. The predicted molar refractivity (Wildman–Crippen MR) is 94.4 cm³/mol. The zero-order valence-corrected chi connectivity index (χ0v) is 14.3. The number of rotatable bonds is 1. The number of aromatic amines is 1. The van der Waals surface area contributed by atoms with Crippen molar-refractivity contribution in [2.24, 2.45) is 5.41 Å². The van der Waals surface area contributed by atoms with Gasteiger partial charge in [-0.25, -0.2) is 0 Å². The van der Waals surface area contributed by atoms with E-state index in [1.54, 1.807) is 18.2 Å². The molecule has 2 fully saturated rings. The largest absolute Gasteiger partial charge is 0.358 e. The third kappa shape index (κ3) is 2.44. The number of carbonyl (C=O) groups excluding carboxylic acids is 1. The van der Waals surface area contributed by atoms with Crippen LogP contribution in [0.5, 0.6) is 0 Å². The number of carbonyl (C=O) groups is 1. The fourth-order valence-electron chi connectivity index (χ4n) is 4.35. The molecule has 4 rings (SSSR count). The van der Waals surface area contributed by atoms with Crippen molar-refractivity contribution in [1.82, 2.24) is 14.8 Å². The normalized spacial score (nSPS) is 24.3. The summed E-state index contributed by atoms with van der Waals surface area (Å²) in [7, 11) is 2.15. The van der Waals surface area contributed by atoms with Gasteiger partial charge >= 0.3 is 0 Å². The number of hydrogen-bond acceptors (Lipinski definition) is 3. The fourth-order valence-corrected chi connectivity index (χ4v) is 4.35. The van der Waals surface area contributed by atoms with Crippen LogP contribution in [0.2, 0.25) is 0 Å². The van der Waals surface area contributed by atoms with Crippen LogP contribution < -0.4 is 5.43 Å². The van der Waals surface area contributed by atoms with Crippen molar-refractivity contribution in [3.05, 3.63) is 45.7 Å². The molecule has 1 N–H and O–H groups in total. The van der Waals surface area contributed by atoms with Gasteiger partial charge in [0, 0.05) is 42.2 Å². The SMILES string of the molecule is Cc1cc(=O)c2cccc(C(=O)N3CCC4(CCN(C)C4)C3)c2[nH]1. The van der Waals surface area contributed by atoms with Crippen LogP contribution in [-0.2, 0) is 0 Å². The second kappa shape index (κ2) is 5.45. The van der Waals surface area contributed by atoms with Crippen molar-refractivity contribution in [3.63, 3.8) is 0 Å². The minimum absolute atomic E-state index is 0.0354. The molecular weight excluding hydrogens is 302 g/mol. The van der Waals surface area contributed by atoms with Crippen LogP contribution in [-0.4, -0.2) is 53.9 Å². The molecule has 1 unspecified atom stereocenters. The Balaban J connectivity index is 1.69. The highest BCUT2D eigenvalue weighted by atomic mass is 16.2. The summed E-state index contributed by atoms with van der Waals surface area (Å²) in [6.07, 6.45) is 2.24. The molecule has 126 valence electrons. The maximum Gasteiger partial charge on any atom is 0.256 e. The summed E-state index contributed by atoms with van der Waals surface area (Å²) < 4.78 is 0. The monoisotopic (exact) mass is 325 g/mol. The summed E-state index contributed by atoms with van der Waals surface area (Å²) in [5.41, 5.74) is 2.28. The molecule has 2 saturated heterocycles. The minimum Gasteiger partial charge on any atom is -0.358 e. The quantitative estimate of drug-likeness (QED) is 0.872. The van der Waals surface area contributed by atoms with Gasteiger partial charge in [-0.15, -0.1) is 0 Å². The lowest BCUT2D eigenvalue weighted by atomic mass is 9.86. The van der Waals surface area contributed by atoms with E-state index in [9.17, 15) is 9.59 Å². The van der Waals surface area contributed by atoms with E-state index >= 15 is 0 Å². The fraction of sp³-hybridized carbons (Fsp3) is 0.474. The first kappa shape index (κ1) is 15.4. The van der Waals surface area contributed by atoms with Gasteiger partial charge in [-0.05, 0) is 45.5 Å². The Hall–Kier alpha value is -2.14. The highest BCUT2D eigenvalue weighted by Gasteiger charge is 2.44. The summed E-state index contributed by atoms with van der Waals surface area (Å²) in [6.45, 7) is 5.66. The lowest BCUT2D eigenvalue weighted by Gasteiger charge is -2.24. The topological polar surface area (TPSA) is 56.4 Å². The molecule has 0 radical (unpaired) electrons. The van der Waals surface area contributed by atoms with Crippen LogP contribution in [0.15, 0.2) is 29.1 Å². The first-order valence-electron chi connectivity index (χ1n) is 8.58. The molecule has 0 aliphatic carbocycles. The lowest BCUT2D eigenvalue weighted by molar-refractivity contribution is 0.0775. The van der Waals surface area contributed by atoms with Crippen LogP contribution in [0, 0.1) is 12.3 Å². The Morgan fingerprint density at radius 2 is 2.00 bits per heavy atom. The molecule has 1 amide bonds. The Morgan fingerprint density at radius 3 is 2.75 bits per heavy atom. The highest BCUT2D eigenvalue weighted by molar-refractivity contribution is 6.05. The molecule has 5 nitrogen and oxygen atoms in total. The van der Waals surface area contributed by atoms with Crippen molar-refractivity contribution in [2.75, 3.05) is 33.2 Å². The van der Waals surface area contributed by atoms with Crippen molar-refractivity contribution >= 4 is 16.8 Å². The van der Waals surface area contributed by atoms with E-state index in [2.05, 4.69) is 16.9 Å². The Kier molecular flexibility index (Phi) is 3.49. The number of nitrogens with one attached hydrogen (secondary N) is 1. The number of para-hydroxylation sites is 1.